The molecule has 0 bridgehead atoms. The zero-order chi connectivity index (χ0) is 18.0. The lowest BCUT2D eigenvalue weighted by molar-refractivity contribution is 0.0951. The number of pyridine rings is 1. The molecule has 0 fully saturated rings. The van der Waals surface area contributed by atoms with Crippen LogP contribution in [0.5, 0.6) is 5.75 Å². The molecule has 0 amide bonds. The zero-order valence-corrected chi connectivity index (χ0v) is 15.2. The van der Waals surface area contributed by atoms with Gasteiger partial charge in [0.2, 0.25) is 0 Å². The fraction of sp³-hybridized carbons (Fsp3) is 0.333. The molecule has 0 aliphatic rings. The molecule has 0 radical (unpaired) electrons. The van der Waals surface area contributed by atoms with E-state index in [0.29, 0.717) is 30.1 Å². The molecule has 1 aromatic carbocycles. The molecule has 0 atom stereocenters. The second kappa shape index (κ2) is 6.71. The largest absolute Gasteiger partial charge is 0.490 e. The fourth-order valence-corrected chi connectivity index (χ4v) is 3.24. The highest BCUT2D eigenvalue weighted by Gasteiger charge is 2.28. The number of carbonyl (C=O) groups is 1. The van der Waals surface area contributed by atoms with Crippen molar-refractivity contribution in [2.24, 2.45) is 0 Å². The number of rotatable bonds is 6. The molecule has 0 unspecified atom stereocenters. The van der Waals surface area contributed by atoms with E-state index in [1.165, 1.54) is 0 Å². The fourth-order valence-electron chi connectivity index (χ4n) is 3.24. The number of ether oxygens (including phenoxy) is 1. The Morgan fingerprint density at radius 1 is 1.16 bits per heavy atom. The summed E-state index contributed by atoms with van der Waals surface area (Å²) in [4.78, 5) is 17.7. The van der Waals surface area contributed by atoms with Crippen LogP contribution in [0.2, 0.25) is 0 Å². The molecule has 0 spiro atoms. The van der Waals surface area contributed by atoms with Gasteiger partial charge in [0.15, 0.2) is 17.2 Å². The zero-order valence-electron chi connectivity index (χ0n) is 15.2. The van der Waals surface area contributed by atoms with Crippen molar-refractivity contribution in [1.82, 2.24) is 9.38 Å². The summed E-state index contributed by atoms with van der Waals surface area (Å²) in [7, 11) is 0. The molecule has 2 aromatic heterocycles. The van der Waals surface area contributed by atoms with Crippen LogP contribution in [0, 0.1) is 6.92 Å². The Kier molecular flexibility index (Phi) is 4.62. The molecule has 25 heavy (non-hydrogen) atoms. The van der Waals surface area contributed by atoms with Crippen molar-refractivity contribution in [3.63, 3.8) is 0 Å². The van der Waals surface area contributed by atoms with Gasteiger partial charge in [-0.15, -0.1) is 0 Å². The van der Waals surface area contributed by atoms with Crippen LogP contribution in [0.15, 0.2) is 48.7 Å². The summed E-state index contributed by atoms with van der Waals surface area (Å²) in [5.41, 5.74) is 2.99. The van der Waals surface area contributed by atoms with Gasteiger partial charge in [-0.3, -0.25) is 9.20 Å². The molecule has 0 saturated carbocycles. The van der Waals surface area contributed by atoms with Crippen molar-refractivity contribution in [2.75, 3.05) is 6.61 Å². The number of fused-ring (bicyclic) bond motifs is 1. The first-order valence-corrected chi connectivity index (χ1v) is 8.63. The number of benzene rings is 1. The van der Waals surface area contributed by atoms with Gasteiger partial charge in [0.1, 0.15) is 5.69 Å². The monoisotopic (exact) mass is 336 g/mol. The van der Waals surface area contributed by atoms with Gasteiger partial charge >= 0.3 is 0 Å². The summed E-state index contributed by atoms with van der Waals surface area (Å²) in [5, 5.41) is 0. The van der Waals surface area contributed by atoms with E-state index in [0.717, 1.165) is 11.3 Å². The average Bonchev–Trinajstić information content (AvgIpc) is 2.92. The summed E-state index contributed by atoms with van der Waals surface area (Å²) >= 11 is 0. The maximum Gasteiger partial charge on any atom is 0.182 e. The molecule has 0 N–H and O–H groups in total. The van der Waals surface area contributed by atoms with Gasteiger partial charge in [-0.05, 0) is 37.0 Å². The quantitative estimate of drug-likeness (QED) is 0.618. The average molecular weight is 336 g/mol. The summed E-state index contributed by atoms with van der Waals surface area (Å²) in [6.45, 7) is 8.59. The van der Waals surface area contributed by atoms with Gasteiger partial charge < -0.3 is 4.74 Å². The minimum absolute atomic E-state index is 0.0903. The molecule has 3 aromatic rings. The first-order chi connectivity index (χ1) is 11.9. The summed E-state index contributed by atoms with van der Waals surface area (Å²) in [6.07, 6.45) is 2.30. The SMILES string of the molecule is CCOc1cccn2c(C(=O)CC(C)(C)c3ccccc3)c(C)nc12. The van der Waals surface area contributed by atoms with Crippen molar-refractivity contribution in [3.8, 4) is 5.75 Å². The van der Waals surface area contributed by atoms with Crippen LogP contribution in [0.25, 0.3) is 5.65 Å². The van der Waals surface area contributed by atoms with Gasteiger partial charge in [0, 0.05) is 12.6 Å². The molecule has 2 heterocycles. The minimum Gasteiger partial charge on any atom is -0.490 e. The number of nitrogens with zero attached hydrogens (tertiary/aromatic N) is 2. The number of imidazole rings is 1. The Bertz CT molecular complexity index is 895. The molecule has 0 saturated heterocycles. The van der Waals surface area contributed by atoms with Gasteiger partial charge in [0.25, 0.3) is 0 Å². The lowest BCUT2D eigenvalue weighted by atomic mass is 9.79. The first-order valence-electron chi connectivity index (χ1n) is 8.63. The molecule has 4 heteroatoms. The molecule has 0 aliphatic carbocycles. The smallest absolute Gasteiger partial charge is 0.182 e. The molecule has 0 aliphatic heterocycles. The van der Waals surface area contributed by atoms with Crippen molar-refractivity contribution in [3.05, 3.63) is 65.6 Å². The van der Waals surface area contributed by atoms with Crippen LogP contribution in [-0.4, -0.2) is 21.8 Å². The standard InChI is InChI=1S/C21H24N2O2/c1-5-25-18-12-9-13-23-19(15(2)22-20(18)23)17(24)14-21(3,4)16-10-7-6-8-11-16/h6-13H,5,14H2,1-4H3. The van der Waals surface area contributed by atoms with Crippen LogP contribution in [-0.2, 0) is 5.41 Å². The van der Waals surface area contributed by atoms with Crippen LogP contribution in [0.1, 0.15) is 48.9 Å². The van der Waals surface area contributed by atoms with Gasteiger partial charge in [-0.25, -0.2) is 4.98 Å². The van der Waals surface area contributed by atoms with Gasteiger partial charge in [-0.2, -0.15) is 0 Å². The minimum atomic E-state index is -0.244. The van der Waals surface area contributed by atoms with Crippen molar-refractivity contribution >= 4 is 11.4 Å². The highest BCUT2D eigenvalue weighted by Crippen LogP contribution is 2.30. The van der Waals surface area contributed by atoms with Crippen LogP contribution in [0.3, 0.4) is 0 Å². The Balaban J connectivity index is 1.98. The maximum atomic E-state index is 13.1. The number of ketones is 1. The third kappa shape index (κ3) is 3.29. The van der Waals surface area contributed by atoms with E-state index >= 15 is 0 Å². The topological polar surface area (TPSA) is 43.6 Å². The van der Waals surface area contributed by atoms with E-state index in [-0.39, 0.29) is 11.2 Å². The molecule has 4 nitrogen and oxygen atoms in total. The molecular weight excluding hydrogens is 312 g/mol. The number of hydrogen-bond acceptors (Lipinski definition) is 3. The summed E-state index contributed by atoms with van der Waals surface area (Å²) in [5.74, 6) is 0.793. The Morgan fingerprint density at radius 3 is 2.56 bits per heavy atom. The Labute approximate surface area is 148 Å². The predicted molar refractivity (Wildman–Crippen MR) is 99.5 cm³/mol. The second-order valence-corrected chi connectivity index (χ2v) is 6.89. The number of Topliss-reactive ketones (excluding diaryl/α,β-unsaturated/α-hetero) is 1. The van der Waals surface area contributed by atoms with E-state index in [1.807, 2.05) is 54.8 Å². The Hall–Kier alpha value is -2.62. The van der Waals surface area contributed by atoms with Crippen LogP contribution < -0.4 is 4.74 Å². The molecule has 3 rings (SSSR count). The summed E-state index contributed by atoms with van der Waals surface area (Å²) < 4.78 is 7.49. The van der Waals surface area contributed by atoms with Gasteiger partial charge in [0.05, 0.1) is 12.3 Å². The second-order valence-electron chi connectivity index (χ2n) is 6.89. The van der Waals surface area contributed by atoms with E-state index < -0.39 is 0 Å². The van der Waals surface area contributed by atoms with Gasteiger partial charge in [-0.1, -0.05) is 44.2 Å². The molecule has 130 valence electrons. The van der Waals surface area contributed by atoms with Crippen molar-refractivity contribution in [2.45, 2.75) is 39.5 Å². The van der Waals surface area contributed by atoms with E-state index in [4.69, 9.17) is 4.74 Å². The first kappa shape index (κ1) is 17.2. The number of carbonyl (C=O) groups excluding carboxylic acids is 1. The normalized spacial score (nSPS) is 11.7. The number of aromatic nitrogens is 2. The highest BCUT2D eigenvalue weighted by molar-refractivity contribution is 5.97. The predicted octanol–water partition coefficient (Wildman–Crippen LogP) is 4.59. The van der Waals surface area contributed by atoms with Crippen LogP contribution in [0.4, 0.5) is 0 Å². The van der Waals surface area contributed by atoms with Crippen molar-refractivity contribution in [1.29, 1.82) is 0 Å². The van der Waals surface area contributed by atoms with E-state index in [1.54, 1.807) is 0 Å². The molecular formula is C21H24N2O2. The lowest BCUT2D eigenvalue weighted by Crippen LogP contribution is -2.23. The third-order valence-corrected chi connectivity index (χ3v) is 4.51. The Morgan fingerprint density at radius 2 is 1.88 bits per heavy atom. The number of aryl methyl sites for hydroxylation is 1. The number of hydrogen-bond donors (Lipinski definition) is 0. The third-order valence-electron chi connectivity index (χ3n) is 4.51. The van der Waals surface area contributed by atoms with E-state index in [2.05, 4.69) is 31.0 Å². The van der Waals surface area contributed by atoms with Crippen LogP contribution >= 0.6 is 0 Å². The highest BCUT2D eigenvalue weighted by atomic mass is 16.5. The summed E-state index contributed by atoms with van der Waals surface area (Å²) in [6, 6.07) is 13.9. The van der Waals surface area contributed by atoms with Crippen molar-refractivity contribution < 1.29 is 9.53 Å². The lowest BCUT2D eigenvalue weighted by Gasteiger charge is -2.24. The maximum absolute atomic E-state index is 13.1. The van der Waals surface area contributed by atoms with E-state index in [9.17, 15) is 4.79 Å².